The van der Waals surface area contributed by atoms with Crippen LogP contribution in [0.2, 0.25) is 0 Å². The molecule has 1 aromatic carbocycles. The number of fused-ring (bicyclic) bond motifs is 1. The van der Waals surface area contributed by atoms with E-state index in [0.717, 1.165) is 44.2 Å². The summed E-state index contributed by atoms with van der Waals surface area (Å²) in [6.45, 7) is 1.54. The first kappa shape index (κ1) is 17.7. The van der Waals surface area contributed by atoms with Crippen molar-refractivity contribution < 1.29 is 9.59 Å². The molecule has 0 saturated heterocycles. The first-order chi connectivity index (χ1) is 12.2. The highest BCUT2D eigenvalue weighted by Crippen LogP contribution is 2.52. The molecular formula is C22H27NO2. The fraction of sp³-hybridized carbons (Fsp3) is 0.455. The first-order valence-electron chi connectivity index (χ1n) is 9.38. The first-order valence-corrected chi connectivity index (χ1v) is 9.38. The lowest BCUT2D eigenvalue weighted by atomic mass is 10.1. The molecule has 0 spiro atoms. The summed E-state index contributed by atoms with van der Waals surface area (Å²) in [6, 6.07) is 7.21. The largest absolute Gasteiger partial charge is 0.326 e. The molecule has 132 valence electrons. The van der Waals surface area contributed by atoms with Crippen LogP contribution in [0.3, 0.4) is 0 Å². The van der Waals surface area contributed by atoms with Gasteiger partial charge in [-0.25, -0.2) is 0 Å². The van der Waals surface area contributed by atoms with Gasteiger partial charge in [-0.2, -0.15) is 0 Å². The lowest BCUT2D eigenvalue weighted by Gasteiger charge is -2.06. The molecule has 2 aliphatic rings. The Bertz CT molecular complexity index is 665. The highest BCUT2D eigenvalue weighted by atomic mass is 16.2. The summed E-state index contributed by atoms with van der Waals surface area (Å²) in [5, 5.41) is 3.03. The molecule has 1 saturated carbocycles. The summed E-state index contributed by atoms with van der Waals surface area (Å²) in [5.74, 6) is 1.23. The van der Waals surface area contributed by atoms with E-state index in [9.17, 15) is 9.59 Å². The quantitative estimate of drug-likeness (QED) is 0.612. The van der Waals surface area contributed by atoms with Crippen LogP contribution in [0.15, 0.2) is 48.6 Å². The minimum atomic E-state index is 0.0161. The number of carbonyl (C=O) groups is 2. The molecule has 0 heterocycles. The van der Waals surface area contributed by atoms with Crippen LogP contribution in [0.1, 0.15) is 55.8 Å². The Morgan fingerprint density at radius 1 is 0.920 bits per heavy atom. The molecule has 3 rings (SSSR count). The van der Waals surface area contributed by atoms with Gasteiger partial charge in [0.25, 0.3) is 0 Å². The molecule has 1 amide bonds. The summed E-state index contributed by atoms with van der Waals surface area (Å²) in [5.41, 5.74) is 1.36. The van der Waals surface area contributed by atoms with Crippen molar-refractivity contribution in [3.63, 3.8) is 0 Å². The Balaban J connectivity index is 1.63. The Morgan fingerprint density at radius 2 is 1.52 bits per heavy atom. The second-order valence-electron chi connectivity index (χ2n) is 7.15. The number of rotatable bonds is 3. The van der Waals surface area contributed by atoms with Crippen LogP contribution < -0.4 is 5.32 Å². The molecule has 0 aliphatic heterocycles. The van der Waals surface area contributed by atoms with Crippen LogP contribution in [-0.2, 0) is 4.79 Å². The lowest BCUT2D eigenvalue weighted by Crippen LogP contribution is -2.16. The van der Waals surface area contributed by atoms with Crippen LogP contribution in [0.5, 0.6) is 0 Å². The van der Waals surface area contributed by atoms with Crippen molar-refractivity contribution in [1.82, 2.24) is 0 Å². The summed E-state index contributed by atoms with van der Waals surface area (Å²) < 4.78 is 0. The van der Waals surface area contributed by atoms with E-state index in [1.807, 2.05) is 12.1 Å². The molecule has 1 unspecified atom stereocenters. The zero-order chi connectivity index (χ0) is 17.6. The minimum Gasteiger partial charge on any atom is -0.326 e. The van der Waals surface area contributed by atoms with E-state index < -0.39 is 0 Å². The standard InChI is InChI=1S/C22H27NO2/c1-16(24)17-11-10-12-18(15-17)23-22(25)21-19-13-8-6-4-2-3-5-7-9-14-20(19)21/h4-7,10-12,15,19-21H,2-3,8-9,13-14H2,1H3,(H,23,25)/b6-4-,7-5+/t19-,20-,21?/m1/s1. The number of carbonyl (C=O) groups excluding carboxylic acids is 2. The van der Waals surface area contributed by atoms with Gasteiger partial charge in [0.15, 0.2) is 5.78 Å². The number of ketones is 1. The van der Waals surface area contributed by atoms with Crippen molar-refractivity contribution in [2.24, 2.45) is 17.8 Å². The molecule has 3 nitrogen and oxygen atoms in total. The predicted molar refractivity (Wildman–Crippen MR) is 102 cm³/mol. The van der Waals surface area contributed by atoms with Gasteiger partial charge in [0, 0.05) is 17.2 Å². The molecule has 1 N–H and O–H groups in total. The zero-order valence-corrected chi connectivity index (χ0v) is 14.9. The van der Waals surface area contributed by atoms with Gasteiger partial charge in [-0.3, -0.25) is 9.59 Å². The molecule has 0 radical (unpaired) electrons. The smallest absolute Gasteiger partial charge is 0.228 e. The van der Waals surface area contributed by atoms with Gasteiger partial charge < -0.3 is 5.32 Å². The molecule has 25 heavy (non-hydrogen) atoms. The van der Waals surface area contributed by atoms with Crippen LogP contribution in [0, 0.1) is 17.8 Å². The average molecular weight is 337 g/mol. The van der Waals surface area contributed by atoms with E-state index in [1.165, 1.54) is 0 Å². The lowest BCUT2D eigenvalue weighted by molar-refractivity contribution is -0.117. The minimum absolute atomic E-state index is 0.0161. The maximum absolute atomic E-state index is 12.7. The van der Waals surface area contributed by atoms with Crippen molar-refractivity contribution >= 4 is 17.4 Å². The number of nitrogens with one attached hydrogen (secondary N) is 1. The summed E-state index contributed by atoms with van der Waals surface area (Å²) in [7, 11) is 0. The number of Topliss-reactive ketones (excluding diaryl/α,β-unsaturated/α-hetero) is 1. The molecule has 3 atom stereocenters. The molecule has 2 aliphatic carbocycles. The molecular weight excluding hydrogens is 310 g/mol. The Kier molecular flexibility index (Phi) is 5.85. The van der Waals surface area contributed by atoms with Crippen molar-refractivity contribution in [2.45, 2.75) is 45.4 Å². The average Bonchev–Trinajstić information content (AvgIpc) is 3.27. The molecule has 3 heteroatoms. The maximum Gasteiger partial charge on any atom is 0.228 e. The van der Waals surface area contributed by atoms with Crippen molar-refractivity contribution in [1.29, 1.82) is 0 Å². The van der Waals surface area contributed by atoms with Gasteiger partial charge in [-0.1, -0.05) is 36.4 Å². The van der Waals surface area contributed by atoms with Crippen molar-refractivity contribution in [3.05, 3.63) is 54.1 Å². The van der Waals surface area contributed by atoms with E-state index >= 15 is 0 Å². The topological polar surface area (TPSA) is 46.2 Å². The summed E-state index contributed by atoms with van der Waals surface area (Å²) in [6.07, 6.45) is 15.6. The fourth-order valence-corrected chi connectivity index (χ4v) is 3.90. The Morgan fingerprint density at radius 3 is 2.12 bits per heavy atom. The van der Waals surface area contributed by atoms with E-state index in [0.29, 0.717) is 17.4 Å². The number of anilines is 1. The second-order valence-corrected chi connectivity index (χ2v) is 7.15. The Labute approximate surface area is 150 Å². The predicted octanol–water partition coefficient (Wildman–Crippen LogP) is 5.16. The van der Waals surface area contributed by atoms with Crippen molar-refractivity contribution in [2.75, 3.05) is 5.32 Å². The van der Waals surface area contributed by atoms with Gasteiger partial charge in [-0.05, 0) is 69.4 Å². The Hall–Kier alpha value is -2.16. The molecule has 0 aromatic heterocycles. The van der Waals surface area contributed by atoms with Crippen LogP contribution in [-0.4, -0.2) is 11.7 Å². The monoisotopic (exact) mass is 337 g/mol. The van der Waals surface area contributed by atoms with Crippen molar-refractivity contribution in [3.8, 4) is 0 Å². The molecule has 1 fully saturated rings. The van der Waals surface area contributed by atoms with Gasteiger partial charge >= 0.3 is 0 Å². The zero-order valence-electron chi connectivity index (χ0n) is 14.9. The number of hydrogen-bond donors (Lipinski definition) is 1. The highest BCUT2D eigenvalue weighted by molar-refractivity contribution is 5.98. The third kappa shape index (κ3) is 4.68. The van der Waals surface area contributed by atoms with Crippen LogP contribution in [0.25, 0.3) is 0 Å². The van der Waals surface area contributed by atoms with Gasteiger partial charge in [0.1, 0.15) is 0 Å². The SMILES string of the molecule is CC(=O)c1cccc(NC(=O)C2[C@@H]3CC/C=C\CC/C=C/CC[C@@H]23)c1. The second kappa shape index (κ2) is 8.28. The molecule has 0 bridgehead atoms. The fourth-order valence-electron chi connectivity index (χ4n) is 3.90. The van der Waals surface area contributed by atoms with E-state index in [2.05, 4.69) is 29.6 Å². The number of benzene rings is 1. The van der Waals surface area contributed by atoms with Crippen LogP contribution in [0.4, 0.5) is 5.69 Å². The summed E-state index contributed by atoms with van der Waals surface area (Å²) in [4.78, 5) is 24.2. The van der Waals surface area contributed by atoms with Gasteiger partial charge in [-0.15, -0.1) is 0 Å². The van der Waals surface area contributed by atoms with Crippen LogP contribution >= 0.6 is 0 Å². The number of hydrogen-bond acceptors (Lipinski definition) is 2. The maximum atomic E-state index is 12.7. The third-order valence-corrected chi connectivity index (χ3v) is 5.34. The van der Waals surface area contributed by atoms with Gasteiger partial charge in [0.05, 0.1) is 0 Å². The third-order valence-electron chi connectivity index (χ3n) is 5.34. The normalized spacial score (nSPS) is 28.6. The van der Waals surface area contributed by atoms with E-state index in [-0.39, 0.29) is 17.6 Å². The molecule has 1 aromatic rings. The van der Waals surface area contributed by atoms with E-state index in [1.54, 1.807) is 19.1 Å². The highest BCUT2D eigenvalue weighted by Gasteiger charge is 2.52. The van der Waals surface area contributed by atoms with E-state index in [4.69, 9.17) is 0 Å². The summed E-state index contributed by atoms with van der Waals surface area (Å²) >= 11 is 0. The number of amides is 1. The van der Waals surface area contributed by atoms with Gasteiger partial charge in [0.2, 0.25) is 5.91 Å². The number of allylic oxidation sites excluding steroid dienone is 4.